The Bertz CT molecular complexity index is 1560. The number of likely N-dealkylation sites (N-methyl/N-ethyl adjacent to an activating group) is 1. The Morgan fingerprint density at radius 1 is 1.13 bits per heavy atom. The molecule has 260 valence electrons. The van der Waals surface area contributed by atoms with Crippen molar-refractivity contribution < 1.29 is 39.6 Å². The standard InChI is InChI=1S/C32H43N5O8.2ClH/c1-14(2)13-37-9-7-8-19(37)31(44)34-18-12-20(35(3)4)16-10-15-11-17-24(36(5)6)27(40)23(30(33)43)29(42)32(17,45)28(41)21(15)26(39)22(16)25(18)38;;/h12,14-15,17,19,24,38,40-41,45H,7-11,13H2,1-6H3,(H2,33,43)(H,34,44);2*1H/t15-,17-,19?,24-,32-;;/m0../s1. The summed E-state index contributed by atoms with van der Waals surface area (Å²) in [5.74, 6) is -7.17. The number of aliphatic hydroxyl groups excluding tert-OH is 2. The summed E-state index contributed by atoms with van der Waals surface area (Å²) >= 11 is 0. The highest BCUT2D eigenvalue weighted by molar-refractivity contribution is 6.25. The molecule has 2 amide bonds. The van der Waals surface area contributed by atoms with Crippen LogP contribution in [-0.2, 0) is 20.8 Å². The molecule has 7 N–H and O–H groups in total. The fraction of sp³-hybridized carbons (Fsp3) is 0.562. The normalized spacial score (nSPS) is 27.2. The summed E-state index contributed by atoms with van der Waals surface area (Å²) in [6.07, 6.45) is 1.66. The van der Waals surface area contributed by atoms with Gasteiger partial charge in [-0.3, -0.25) is 29.0 Å². The van der Waals surface area contributed by atoms with E-state index in [1.165, 1.54) is 4.90 Å². The first kappa shape index (κ1) is 38.1. The first-order valence-corrected chi connectivity index (χ1v) is 15.3. The number of carbonyl (C=O) groups excluding carboxylic acids is 4. The second-order valence-corrected chi connectivity index (χ2v) is 13.5. The van der Waals surface area contributed by atoms with Crippen LogP contribution in [-0.4, -0.2) is 113 Å². The molecule has 47 heavy (non-hydrogen) atoms. The second kappa shape index (κ2) is 13.6. The van der Waals surface area contributed by atoms with Crippen molar-refractivity contribution in [3.05, 3.63) is 39.9 Å². The predicted octanol–water partition coefficient (Wildman–Crippen LogP) is 2.09. The van der Waals surface area contributed by atoms with Gasteiger partial charge in [0.2, 0.25) is 11.7 Å². The molecule has 4 aliphatic rings. The minimum atomic E-state index is -2.72. The summed E-state index contributed by atoms with van der Waals surface area (Å²) in [5.41, 5.74) is 2.51. The molecule has 1 saturated heterocycles. The molecule has 1 unspecified atom stereocenters. The van der Waals surface area contributed by atoms with E-state index in [9.17, 15) is 39.6 Å². The molecule has 13 nitrogen and oxygen atoms in total. The number of phenolic OH excluding ortho intramolecular Hbond substituents is 1. The zero-order valence-corrected chi connectivity index (χ0v) is 29.0. The van der Waals surface area contributed by atoms with Crippen molar-refractivity contribution in [1.29, 1.82) is 0 Å². The fourth-order valence-corrected chi connectivity index (χ4v) is 7.82. The summed E-state index contributed by atoms with van der Waals surface area (Å²) in [6.45, 7) is 5.68. The Morgan fingerprint density at radius 3 is 2.32 bits per heavy atom. The van der Waals surface area contributed by atoms with Gasteiger partial charge in [-0.1, -0.05) is 13.8 Å². The first-order valence-electron chi connectivity index (χ1n) is 15.3. The van der Waals surface area contributed by atoms with E-state index in [0.717, 1.165) is 19.5 Å². The molecule has 0 radical (unpaired) electrons. The van der Waals surface area contributed by atoms with Gasteiger partial charge < -0.3 is 36.4 Å². The van der Waals surface area contributed by atoms with Gasteiger partial charge in [-0.25, -0.2) is 0 Å². The molecule has 1 aromatic rings. The van der Waals surface area contributed by atoms with E-state index < -0.39 is 69.8 Å². The van der Waals surface area contributed by atoms with Crippen LogP contribution in [0.5, 0.6) is 5.75 Å². The SMILES string of the molecule is CC(C)CN1CCCC1C(=O)Nc1cc(N(C)C)c2c(c1O)C(=O)C1=C(O)[C@]3(O)C(=O)C(C(N)=O)=C(O)[C@@H](N(C)C)[C@@H]3C[C@@H]1C2.Cl.Cl. The number of fused-ring (bicyclic) bond motifs is 3. The van der Waals surface area contributed by atoms with Crippen LogP contribution in [0, 0.1) is 17.8 Å². The van der Waals surface area contributed by atoms with E-state index in [0.29, 0.717) is 23.6 Å². The molecule has 3 aliphatic carbocycles. The van der Waals surface area contributed by atoms with Crippen molar-refractivity contribution in [2.45, 2.75) is 57.2 Å². The van der Waals surface area contributed by atoms with Gasteiger partial charge in [0.1, 0.15) is 17.1 Å². The summed E-state index contributed by atoms with van der Waals surface area (Å²) < 4.78 is 0. The van der Waals surface area contributed by atoms with Crippen molar-refractivity contribution in [3.8, 4) is 5.75 Å². The van der Waals surface area contributed by atoms with Gasteiger partial charge in [0.25, 0.3) is 5.91 Å². The number of nitrogens with zero attached hydrogens (tertiary/aromatic N) is 3. The first-order chi connectivity index (χ1) is 21.0. The number of phenols is 1. The largest absolute Gasteiger partial charge is 0.510 e. The third kappa shape index (κ3) is 5.97. The number of hydrogen-bond acceptors (Lipinski definition) is 11. The molecule has 0 spiro atoms. The molecular formula is C32H45Cl2N5O8. The molecule has 1 aromatic carbocycles. The molecular weight excluding hydrogens is 653 g/mol. The molecule has 5 rings (SSSR count). The number of carbonyl (C=O) groups is 4. The van der Waals surface area contributed by atoms with Gasteiger partial charge in [0, 0.05) is 37.8 Å². The number of amides is 2. The minimum Gasteiger partial charge on any atom is -0.510 e. The van der Waals surface area contributed by atoms with E-state index in [1.807, 2.05) is 0 Å². The summed E-state index contributed by atoms with van der Waals surface area (Å²) in [7, 11) is 6.70. The number of primary amides is 1. The topological polar surface area (TPSA) is 197 Å². The lowest BCUT2D eigenvalue weighted by Crippen LogP contribution is -2.63. The van der Waals surface area contributed by atoms with Gasteiger partial charge in [0.05, 0.1) is 23.3 Å². The minimum absolute atomic E-state index is 0. The number of ketones is 2. The highest BCUT2D eigenvalue weighted by Crippen LogP contribution is 2.54. The van der Waals surface area contributed by atoms with Crippen molar-refractivity contribution in [3.63, 3.8) is 0 Å². The lowest BCUT2D eigenvalue weighted by molar-refractivity contribution is -0.148. The molecule has 1 fully saturated rings. The Labute approximate surface area is 286 Å². The summed E-state index contributed by atoms with van der Waals surface area (Å²) in [4.78, 5) is 58.8. The lowest BCUT2D eigenvalue weighted by Gasteiger charge is -2.50. The molecule has 0 aromatic heterocycles. The van der Waals surface area contributed by atoms with Crippen LogP contribution in [0.4, 0.5) is 11.4 Å². The van der Waals surface area contributed by atoms with Crippen LogP contribution in [0.2, 0.25) is 0 Å². The third-order valence-corrected chi connectivity index (χ3v) is 9.70. The molecule has 1 aliphatic heterocycles. The maximum Gasteiger partial charge on any atom is 0.255 e. The maximum absolute atomic E-state index is 14.2. The third-order valence-electron chi connectivity index (χ3n) is 9.70. The van der Waals surface area contributed by atoms with Gasteiger partial charge in [-0.2, -0.15) is 0 Å². The number of aromatic hydroxyl groups is 1. The number of allylic oxidation sites excluding steroid dienone is 1. The highest BCUT2D eigenvalue weighted by Gasteiger charge is 2.63. The van der Waals surface area contributed by atoms with Crippen LogP contribution in [0.15, 0.2) is 28.7 Å². The Kier molecular flexibility index (Phi) is 11.0. The van der Waals surface area contributed by atoms with Crippen LogP contribution < -0.4 is 16.0 Å². The predicted molar refractivity (Wildman–Crippen MR) is 181 cm³/mol. The van der Waals surface area contributed by atoms with Crippen LogP contribution in [0.25, 0.3) is 0 Å². The van der Waals surface area contributed by atoms with E-state index in [1.54, 1.807) is 39.2 Å². The number of anilines is 2. The monoisotopic (exact) mass is 697 g/mol. The number of nitrogens with one attached hydrogen (secondary N) is 1. The van der Waals surface area contributed by atoms with Crippen molar-refractivity contribution in [2.24, 2.45) is 23.5 Å². The number of hydrogen-bond donors (Lipinski definition) is 6. The van der Waals surface area contributed by atoms with Crippen molar-refractivity contribution in [2.75, 3.05) is 51.5 Å². The number of likely N-dealkylation sites (tertiary alicyclic amines) is 1. The Morgan fingerprint density at radius 2 is 1.77 bits per heavy atom. The molecule has 1 heterocycles. The molecule has 0 saturated carbocycles. The highest BCUT2D eigenvalue weighted by atomic mass is 35.5. The zero-order chi connectivity index (χ0) is 33.3. The van der Waals surface area contributed by atoms with E-state index >= 15 is 0 Å². The van der Waals surface area contributed by atoms with Gasteiger partial charge in [-0.15, -0.1) is 24.8 Å². The van der Waals surface area contributed by atoms with Gasteiger partial charge >= 0.3 is 0 Å². The Balaban J connectivity index is 0.00000300. The van der Waals surface area contributed by atoms with E-state index in [4.69, 9.17) is 5.73 Å². The van der Waals surface area contributed by atoms with E-state index in [-0.39, 0.29) is 60.4 Å². The molecule has 0 bridgehead atoms. The number of Topliss-reactive ketones (excluding diaryl/α,β-unsaturated/α-hetero) is 2. The van der Waals surface area contributed by atoms with Crippen LogP contribution in [0.3, 0.4) is 0 Å². The van der Waals surface area contributed by atoms with E-state index in [2.05, 4.69) is 24.1 Å². The van der Waals surface area contributed by atoms with Crippen molar-refractivity contribution >= 4 is 59.6 Å². The summed E-state index contributed by atoms with van der Waals surface area (Å²) in [6, 6.07) is 0.156. The van der Waals surface area contributed by atoms with Gasteiger partial charge in [0.15, 0.2) is 17.1 Å². The maximum atomic E-state index is 14.2. The average Bonchev–Trinajstić information content (AvgIpc) is 3.39. The number of benzene rings is 1. The molecule has 15 heteroatoms. The summed E-state index contributed by atoms with van der Waals surface area (Å²) in [5, 5.41) is 48.7. The smallest absolute Gasteiger partial charge is 0.255 e. The molecule has 5 atom stereocenters. The quantitative estimate of drug-likeness (QED) is 0.180. The lowest BCUT2D eigenvalue weighted by atomic mass is 9.58. The average molecular weight is 699 g/mol. The zero-order valence-electron chi connectivity index (χ0n) is 27.4. The van der Waals surface area contributed by atoms with Crippen LogP contribution >= 0.6 is 24.8 Å². The number of nitrogens with two attached hydrogens (primary N) is 1. The second-order valence-electron chi connectivity index (χ2n) is 13.5. The van der Waals surface area contributed by atoms with Gasteiger partial charge in [-0.05, 0) is 69.8 Å². The number of aliphatic hydroxyl groups is 3. The fourth-order valence-electron chi connectivity index (χ4n) is 7.82. The van der Waals surface area contributed by atoms with Crippen molar-refractivity contribution in [1.82, 2.24) is 9.80 Å². The Hall–Kier alpha value is -3.36. The number of halogens is 2. The number of rotatable bonds is 7. The van der Waals surface area contributed by atoms with Crippen LogP contribution in [0.1, 0.15) is 49.0 Å².